The van der Waals surface area contributed by atoms with Gasteiger partial charge in [-0.25, -0.2) is 4.79 Å². The lowest BCUT2D eigenvalue weighted by Gasteiger charge is -2.47. The zero-order valence-electron chi connectivity index (χ0n) is 16.7. The summed E-state index contributed by atoms with van der Waals surface area (Å²) in [6.45, 7) is 3.16. The van der Waals surface area contributed by atoms with Gasteiger partial charge in [-0.2, -0.15) is 0 Å². The van der Waals surface area contributed by atoms with Crippen LogP contribution in [0.25, 0.3) is 0 Å². The highest BCUT2D eigenvalue weighted by Gasteiger charge is 2.66. The third kappa shape index (κ3) is 2.91. The highest BCUT2D eigenvalue weighted by atomic mass is 16.7. The first-order chi connectivity index (χ1) is 14.7. The maximum atomic E-state index is 12.8. The minimum absolute atomic E-state index is 0.0183. The first kappa shape index (κ1) is 21.2. The molecule has 0 aromatic carbocycles. The van der Waals surface area contributed by atoms with E-state index >= 15 is 0 Å². The molecule has 0 aromatic heterocycles. The van der Waals surface area contributed by atoms with Crippen LogP contribution < -0.4 is 0 Å². The van der Waals surface area contributed by atoms with Gasteiger partial charge in [0.25, 0.3) is 0 Å². The first-order valence-corrected chi connectivity index (χ1v) is 10.3. The summed E-state index contributed by atoms with van der Waals surface area (Å²) in [7, 11) is 0. The fourth-order valence-electron chi connectivity index (χ4n) is 5.48. The van der Waals surface area contributed by atoms with Gasteiger partial charge in [0.15, 0.2) is 6.29 Å². The van der Waals surface area contributed by atoms with Gasteiger partial charge >= 0.3 is 5.97 Å². The molecule has 4 heterocycles. The van der Waals surface area contributed by atoms with Crippen molar-refractivity contribution in [2.45, 2.75) is 54.9 Å². The van der Waals surface area contributed by atoms with Crippen molar-refractivity contribution in [1.82, 2.24) is 0 Å². The summed E-state index contributed by atoms with van der Waals surface area (Å²) in [5.74, 6) is -2.64. The minimum atomic E-state index is -1.59. The second-order valence-electron chi connectivity index (χ2n) is 8.85. The maximum Gasteiger partial charge on any atom is 0.339 e. The Hall–Kier alpha value is -1.63. The molecule has 170 valence electrons. The molecule has 2 saturated heterocycles. The number of aliphatic hydroxyl groups excluding tert-OH is 4. The monoisotopic (exact) mass is 438 g/mol. The molecule has 9 atom stereocenters. The summed E-state index contributed by atoms with van der Waals surface area (Å²) < 4.78 is 22.6. The molecule has 6 aliphatic rings. The Morgan fingerprint density at radius 1 is 1.23 bits per heavy atom. The molecule has 0 aromatic rings. The molecule has 0 amide bonds. The van der Waals surface area contributed by atoms with Crippen LogP contribution in [0.2, 0.25) is 0 Å². The zero-order chi connectivity index (χ0) is 22.1. The maximum absolute atomic E-state index is 12.8. The predicted molar refractivity (Wildman–Crippen MR) is 101 cm³/mol. The number of carbonyl (C=O) groups excluding carboxylic acids is 1. The summed E-state index contributed by atoms with van der Waals surface area (Å²) >= 11 is 0. The molecule has 10 heteroatoms. The number of fused-ring (bicyclic) bond motifs is 1. The Bertz CT molecular complexity index is 864. The molecule has 31 heavy (non-hydrogen) atoms. The molecule has 2 unspecified atom stereocenters. The summed E-state index contributed by atoms with van der Waals surface area (Å²) in [5.41, 5.74) is 0.210. The average Bonchev–Trinajstić information content (AvgIpc) is 3.19. The van der Waals surface area contributed by atoms with E-state index in [1.165, 1.54) is 0 Å². The summed E-state index contributed by atoms with van der Waals surface area (Å²) in [6.07, 6.45) is -2.57. The third-order valence-corrected chi connectivity index (χ3v) is 7.16. The van der Waals surface area contributed by atoms with Crippen molar-refractivity contribution in [2.24, 2.45) is 11.8 Å². The van der Waals surface area contributed by atoms with Crippen molar-refractivity contribution >= 4 is 5.97 Å². The van der Waals surface area contributed by atoms with Gasteiger partial charge in [-0.05, 0) is 18.9 Å². The minimum Gasteiger partial charge on any atom is -0.424 e. The summed E-state index contributed by atoms with van der Waals surface area (Å²) in [6, 6.07) is 0. The SMILES string of the molecule is C=C1CC[C@H]2C1C13OC[C@]2(O)C=CC1=C(CO[C@@H]1O[C@H](CO)[C@@H](O)[C@H](O)[C@H]1O)C(=O)O3. The van der Waals surface area contributed by atoms with Crippen molar-refractivity contribution in [2.75, 3.05) is 19.8 Å². The second kappa shape index (κ2) is 7.19. The zero-order valence-corrected chi connectivity index (χ0v) is 16.7. The van der Waals surface area contributed by atoms with Crippen molar-refractivity contribution in [3.8, 4) is 0 Å². The van der Waals surface area contributed by atoms with E-state index in [9.17, 15) is 30.3 Å². The Kier molecular flexibility index (Phi) is 4.92. The van der Waals surface area contributed by atoms with Gasteiger partial charge in [-0.15, -0.1) is 0 Å². The van der Waals surface area contributed by atoms with Crippen LogP contribution in [0, 0.1) is 11.8 Å². The molecule has 2 bridgehead atoms. The van der Waals surface area contributed by atoms with Crippen molar-refractivity contribution < 1.29 is 49.3 Å². The van der Waals surface area contributed by atoms with Gasteiger partial charge in [0.1, 0.15) is 30.0 Å². The lowest BCUT2D eigenvalue weighted by atomic mass is 9.74. The molecule has 0 radical (unpaired) electrons. The fraction of sp³-hybridized carbons (Fsp3) is 0.667. The molecular formula is C21H26O10. The van der Waals surface area contributed by atoms with Crippen LogP contribution in [0.3, 0.4) is 0 Å². The lowest BCUT2D eigenvalue weighted by molar-refractivity contribution is -0.299. The Labute approximate surface area is 178 Å². The van der Waals surface area contributed by atoms with E-state index in [0.29, 0.717) is 18.4 Å². The number of carbonyl (C=O) groups is 1. The normalized spacial score (nSPS) is 48.6. The van der Waals surface area contributed by atoms with Crippen LogP contribution >= 0.6 is 0 Å². The number of rotatable bonds is 4. The summed E-state index contributed by atoms with van der Waals surface area (Å²) in [5, 5.41) is 50.4. The van der Waals surface area contributed by atoms with Crippen LogP contribution in [0.4, 0.5) is 0 Å². The molecule has 10 nitrogen and oxygen atoms in total. The van der Waals surface area contributed by atoms with Gasteiger partial charge in [0, 0.05) is 11.5 Å². The van der Waals surface area contributed by atoms with Crippen LogP contribution in [-0.2, 0) is 23.7 Å². The molecule has 4 aliphatic heterocycles. The topological polar surface area (TPSA) is 155 Å². The Balaban J connectivity index is 1.44. The van der Waals surface area contributed by atoms with E-state index in [1.54, 1.807) is 12.2 Å². The van der Waals surface area contributed by atoms with E-state index in [2.05, 4.69) is 6.58 Å². The van der Waals surface area contributed by atoms with Crippen LogP contribution in [0.1, 0.15) is 12.8 Å². The molecule has 5 N–H and O–H groups in total. The number of hydrogen-bond donors (Lipinski definition) is 5. The first-order valence-electron chi connectivity index (χ1n) is 10.3. The van der Waals surface area contributed by atoms with Crippen LogP contribution in [-0.4, -0.2) is 93.4 Å². The van der Waals surface area contributed by atoms with E-state index < -0.39 is 60.6 Å². The molecule has 6 rings (SSSR count). The van der Waals surface area contributed by atoms with Crippen molar-refractivity contribution in [3.63, 3.8) is 0 Å². The van der Waals surface area contributed by atoms with Crippen LogP contribution in [0.5, 0.6) is 0 Å². The third-order valence-electron chi connectivity index (χ3n) is 7.16. The predicted octanol–water partition coefficient (Wildman–Crippen LogP) is -1.73. The van der Waals surface area contributed by atoms with Gasteiger partial charge in [-0.1, -0.05) is 18.2 Å². The van der Waals surface area contributed by atoms with Crippen molar-refractivity contribution in [1.29, 1.82) is 0 Å². The van der Waals surface area contributed by atoms with E-state index in [4.69, 9.17) is 18.9 Å². The number of ether oxygens (including phenoxy) is 4. The van der Waals surface area contributed by atoms with E-state index in [-0.39, 0.29) is 24.7 Å². The molecular weight excluding hydrogens is 412 g/mol. The summed E-state index contributed by atoms with van der Waals surface area (Å²) in [4.78, 5) is 12.8. The lowest BCUT2D eigenvalue weighted by Crippen LogP contribution is -2.59. The largest absolute Gasteiger partial charge is 0.424 e. The van der Waals surface area contributed by atoms with E-state index in [0.717, 1.165) is 5.57 Å². The average molecular weight is 438 g/mol. The standard InChI is InChI=1S/C21H26O10/c1-9-2-3-12-14(9)21-11(4-5-20(12,27)8-29-21)10(18(26)31-21)7-28-19-17(25)16(24)15(23)13(6-22)30-19/h4-5,12-17,19,22-25,27H,1-3,6-8H2/t12-,13+,14?,15+,16-,17+,19+,20+,21?/m0/s1. The smallest absolute Gasteiger partial charge is 0.339 e. The fourth-order valence-corrected chi connectivity index (χ4v) is 5.48. The van der Waals surface area contributed by atoms with Crippen molar-refractivity contribution in [3.05, 3.63) is 35.5 Å². The van der Waals surface area contributed by atoms with Gasteiger partial charge < -0.3 is 44.5 Å². The molecule has 3 fully saturated rings. The molecule has 1 spiro atoms. The Morgan fingerprint density at radius 3 is 2.74 bits per heavy atom. The van der Waals surface area contributed by atoms with Gasteiger partial charge in [0.05, 0.1) is 31.3 Å². The molecule has 1 saturated carbocycles. The van der Waals surface area contributed by atoms with E-state index in [1.807, 2.05) is 0 Å². The second-order valence-corrected chi connectivity index (χ2v) is 8.85. The number of hydrogen-bond acceptors (Lipinski definition) is 10. The Morgan fingerprint density at radius 2 is 2.00 bits per heavy atom. The highest BCUT2D eigenvalue weighted by molar-refractivity contribution is 5.94. The highest BCUT2D eigenvalue weighted by Crippen LogP contribution is 2.59. The number of esters is 1. The quantitative estimate of drug-likeness (QED) is 0.252. The van der Waals surface area contributed by atoms with Crippen LogP contribution in [0.15, 0.2) is 35.5 Å². The number of aliphatic hydroxyl groups is 5. The van der Waals surface area contributed by atoms with Gasteiger partial charge in [0.2, 0.25) is 5.79 Å². The molecule has 2 aliphatic carbocycles. The van der Waals surface area contributed by atoms with Gasteiger partial charge in [-0.3, -0.25) is 0 Å².